The van der Waals surface area contributed by atoms with Crippen molar-refractivity contribution in [2.75, 3.05) is 6.54 Å². The molecule has 0 saturated carbocycles. The molecule has 0 bridgehead atoms. The molecule has 8 heteroatoms. The van der Waals surface area contributed by atoms with Crippen molar-refractivity contribution in [1.29, 1.82) is 0 Å². The van der Waals surface area contributed by atoms with Gasteiger partial charge in [-0.05, 0) is 51.0 Å². The molecule has 140 valence electrons. The highest BCUT2D eigenvalue weighted by Gasteiger charge is 2.20. The van der Waals surface area contributed by atoms with Crippen molar-refractivity contribution in [3.05, 3.63) is 29.8 Å². The second kappa shape index (κ2) is 9.53. The molecule has 25 heavy (non-hydrogen) atoms. The lowest BCUT2D eigenvalue weighted by molar-refractivity contribution is -0.129. The average molecular weight is 370 g/mol. The lowest BCUT2D eigenvalue weighted by Crippen LogP contribution is -2.36. The number of hydrogen-bond acceptors (Lipinski definition) is 5. The molecule has 0 spiro atoms. The van der Waals surface area contributed by atoms with Gasteiger partial charge in [-0.2, -0.15) is 0 Å². The molecule has 1 aromatic rings. The van der Waals surface area contributed by atoms with Crippen molar-refractivity contribution >= 4 is 21.9 Å². The van der Waals surface area contributed by atoms with Crippen LogP contribution in [0.25, 0.3) is 0 Å². The predicted octanol–water partition coefficient (Wildman–Crippen LogP) is 1.83. The first-order valence-corrected chi connectivity index (χ1v) is 9.80. The summed E-state index contributed by atoms with van der Waals surface area (Å²) in [4.78, 5) is 23.8. The molecule has 0 radical (unpaired) electrons. The van der Waals surface area contributed by atoms with Gasteiger partial charge in [0.15, 0.2) is 6.10 Å². The third-order valence-electron chi connectivity index (χ3n) is 3.57. The summed E-state index contributed by atoms with van der Waals surface area (Å²) in [6.45, 7) is 7.56. The number of nitrogens with one attached hydrogen (secondary N) is 2. The fourth-order valence-electron chi connectivity index (χ4n) is 1.86. The molecular weight excluding hydrogens is 344 g/mol. The number of esters is 1. The van der Waals surface area contributed by atoms with Crippen LogP contribution in [0.1, 0.15) is 50.9 Å². The number of carbonyl (C=O) groups is 2. The number of ether oxygens (including phenoxy) is 1. The highest BCUT2D eigenvalue weighted by Crippen LogP contribution is 2.13. The molecular formula is C17H26N2O5S. The molecule has 1 rings (SSSR count). The van der Waals surface area contributed by atoms with Gasteiger partial charge in [-0.25, -0.2) is 17.9 Å². The Morgan fingerprint density at radius 1 is 1.12 bits per heavy atom. The van der Waals surface area contributed by atoms with Crippen molar-refractivity contribution < 1.29 is 22.7 Å². The summed E-state index contributed by atoms with van der Waals surface area (Å²) in [6.07, 6.45) is 0.531. The Morgan fingerprint density at radius 2 is 1.72 bits per heavy atom. The van der Waals surface area contributed by atoms with Crippen LogP contribution < -0.4 is 10.0 Å². The quantitative estimate of drug-likeness (QED) is 0.646. The lowest BCUT2D eigenvalue weighted by Gasteiger charge is -2.14. The van der Waals surface area contributed by atoms with Gasteiger partial charge in [-0.1, -0.05) is 13.8 Å². The maximum atomic E-state index is 12.2. The van der Waals surface area contributed by atoms with Crippen LogP contribution in [0.15, 0.2) is 29.2 Å². The first kappa shape index (κ1) is 21.1. The maximum Gasteiger partial charge on any atom is 0.338 e. The van der Waals surface area contributed by atoms with E-state index in [-0.39, 0.29) is 22.4 Å². The fourth-order valence-corrected chi connectivity index (χ4v) is 3.19. The average Bonchev–Trinajstić information content (AvgIpc) is 2.59. The van der Waals surface area contributed by atoms with E-state index in [0.717, 1.165) is 6.42 Å². The Balaban J connectivity index is 2.75. The van der Waals surface area contributed by atoms with Crippen LogP contribution in [-0.4, -0.2) is 39.0 Å². The monoisotopic (exact) mass is 370 g/mol. The number of benzene rings is 1. The molecule has 0 aliphatic carbocycles. The molecule has 2 N–H and O–H groups in total. The zero-order chi connectivity index (χ0) is 19.0. The summed E-state index contributed by atoms with van der Waals surface area (Å²) in [7, 11) is -3.63. The van der Waals surface area contributed by atoms with E-state index in [9.17, 15) is 18.0 Å². The standard InChI is InChI=1S/C17H26N2O5S/c1-5-11-18-16(20)13(4)24-17(21)14-7-9-15(10-8-14)25(22,23)19-12(3)6-2/h7-10,12-13,19H,5-6,11H2,1-4H3,(H,18,20)/t12-,13-/m1/s1. The van der Waals surface area contributed by atoms with E-state index in [4.69, 9.17) is 4.74 Å². The van der Waals surface area contributed by atoms with E-state index in [0.29, 0.717) is 13.0 Å². The minimum absolute atomic E-state index is 0.0677. The van der Waals surface area contributed by atoms with Gasteiger partial charge in [0.2, 0.25) is 10.0 Å². The van der Waals surface area contributed by atoms with Gasteiger partial charge in [0.25, 0.3) is 5.91 Å². The van der Waals surface area contributed by atoms with E-state index in [1.807, 2.05) is 13.8 Å². The van der Waals surface area contributed by atoms with Gasteiger partial charge in [0.05, 0.1) is 10.5 Å². The van der Waals surface area contributed by atoms with Crippen LogP contribution in [0.3, 0.4) is 0 Å². The van der Waals surface area contributed by atoms with Crippen LogP contribution >= 0.6 is 0 Å². The SMILES string of the molecule is CCCNC(=O)[C@@H](C)OC(=O)c1ccc(S(=O)(=O)N[C@H](C)CC)cc1. The van der Waals surface area contributed by atoms with Gasteiger partial charge in [-0.3, -0.25) is 4.79 Å². The number of rotatable bonds is 9. The van der Waals surface area contributed by atoms with Crippen LogP contribution in [0, 0.1) is 0 Å². The number of hydrogen-bond donors (Lipinski definition) is 2. The van der Waals surface area contributed by atoms with Gasteiger partial charge < -0.3 is 10.1 Å². The molecule has 0 fully saturated rings. The van der Waals surface area contributed by atoms with Crippen LogP contribution in [0.4, 0.5) is 0 Å². The van der Waals surface area contributed by atoms with Gasteiger partial charge in [-0.15, -0.1) is 0 Å². The molecule has 0 heterocycles. The Hall–Kier alpha value is -1.93. The van der Waals surface area contributed by atoms with Gasteiger partial charge >= 0.3 is 5.97 Å². The summed E-state index contributed by atoms with van der Waals surface area (Å²) in [5, 5.41) is 2.64. The van der Waals surface area contributed by atoms with Gasteiger partial charge in [0, 0.05) is 12.6 Å². The molecule has 7 nitrogen and oxygen atoms in total. The second-order valence-electron chi connectivity index (χ2n) is 5.79. The Bertz CT molecular complexity index is 685. The van der Waals surface area contributed by atoms with E-state index in [1.165, 1.54) is 31.2 Å². The molecule has 0 aromatic heterocycles. The molecule has 0 aliphatic heterocycles. The van der Waals surface area contributed by atoms with E-state index in [2.05, 4.69) is 10.0 Å². The largest absolute Gasteiger partial charge is 0.449 e. The summed E-state index contributed by atoms with van der Waals surface area (Å²) in [5.74, 6) is -1.05. The predicted molar refractivity (Wildman–Crippen MR) is 94.7 cm³/mol. The summed E-state index contributed by atoms with van der Waals surface area (Å²) < 4.78 is 32.0. The fraction of sp³-hybridized carbons (Fsp3) is 0.529. The van der Waals surface area contributed by atoms with Crippen molar-refractivity contribution in [3.8, 4) is 0 Å². The molecule has 1 aromatic carbocycles. The Labute approximate surface area is 149 Å². The minimum atomic E-state index is -3.63. The second-order valence-corrected chi connectivity index (χ2v) is 7.51. The topological polar surface area (TPSA) is 102 Å². The van der Waals surface area contributed by atoms with E-state index < -0.39 is 22.1 Å². The first-order chi connectivity index (χ1) is 11.7. The number of amides is 1. The third kappa shape index (κ3) is 6.47. The van der Waals surface area contributed by atoms with E-state index >= 15 is 0 Å². The van der Waals surface area contributed by atoms with Crippen LogP contribution in [0.5, 0.6) is 0 Å². The number of sulfonamides is 1. The summed E-state index contributed by atoms with van der Waals surface area (Å²) in [5.41, 5.74) is 0.178. The molecule has 0 unspecified atom stereocenters. The normalized spacial score (nSPS) is 13.8. The molecule has 0 aliphatic rings. The van der Waals surface area contributed by atoms with Crippen molar-refractivity contribution in [2.24, 2.45) is 0 Å². The summed E-state index contributed by atoms with van der Waals surface area (Å²) in [6, 6.07) is 5.22. The molecule has 2 atom stereocenters. The highest BCUT2D eigenvalue weighted by molar-refractivity contribution is 7.89. The van der Waals surface area contributed by atoms with Crippen molar-refractivity contribution in [2.45, 2.75) is 57.6 Å². The minimum Gasteiger partial charge on any atom is -0.449 e. The van der Waals surface area contributed by atoms with Crippen molar-refractivity contribution in [1.82, 2.24) is 10.0 Å². The van der Waals surface area contributed by atoms with Crippen LogP contribution in [0.2, 0.25) is 0 Å². The Morgan fingerprint density at radius 3 is 2.24 bits per heavy atom. The van der Waals surface area contributed by atoms with Gasteiger partial charge in [0.1, 0.15) is 0 Å². The van der Waals surface area contributed by atoms with Crippen molar-refractivity contribution in [3.63, 3.8) is 0 Å². The zero-order valence-electron chi connectivity index (χ0n) is 15.0. The highest BCUT2D eigenvalue weighted by atomic mass is 32.2. The zero-order valence-corrected chi connectivity index (χ0v) is 15.9. The van der Waals surface area contributed by atoms with E-state index in [1.54, 1.807) is 6.92 Å². The summed E-state index contributed by atoms with van der Waals surface area (Å²) >= 11 is 0. The first-order valence-electron chi connectivity index (χ1n) is 8.32. The lowest BCUT2D eigenvalue weighted by atomic mass is 10.2. The maximum absolute atomic E-state index is 12.2. The third-order valence-corrected chi connectivity index (χ3v) is 5.18. The number of carbonyl (C=O) groups excluding carboxylic acids is 2. The molecule has 0 saturated heterocycles. The molecule has 1 amide bonds. The Kier molecular flexibility index (Phi) is 8.05. The van der Waals surface area contributed by atoms with Crippen LogP contribution in [-0.2, 0) is 19.6 Å². The smallest absolute Gasteiger partial charge is 0.338 e.